The Morgan fingerprint density at radius 2 is 2.00 bits per heavy atom. The minimum Gasteiger partial charge on any atom is -0.330 e. The van der Waals surface area contributed by atoms with Crippen LogP contribution in [0, 0.1) is 11.8 Å². The third kappa shape index (κ3) is 1.96. The van der Waals surface area contributed by atoms with Crippen molar-refractivity contribution in [1.29, 1.82) is 0 Å². The number of hydrogen-bond acceptors (Lipinski definition) is 2. The fourth-order valence-electron chi connectivity index (χ4n) is 3.17. The van der Waals surface area contributed by atoms with E-state index in [2.05, 4.69) is 11.9 Å². The molecule has 1 heterocycles. The Bertz CT molecular complexity index is 175. The van der Waals surface area contributed by atoms with Gasteiger partial charge in [0.05, 0.1) is 0 Å². The van der Waals surface area contributed by atoms with E-state index in [9.17, 15) is 0 Å². The third-order valence-electron chi connectivity index (χ3n) is 4.35. The highest BCUT2D eigenvalue weighted by atomic mass is 15.1. The predicted octanol–water partition coefficient (Wildman–Crippen LogP) is 1.85. The van der Waals surface area contributed by atoms with Gasteiger partial charge < -0.3 is 10.6 Å². The largest absolute Gasteiger partial charge is 0.330 e. The van der Waals surface area contributed by atoms with Gasteiger partial charge >= 0.3 is 0 Å². The van der Waals surface area contributed by atoms with Crippen molar-refractivity contribution in [2.24, 2.45) is 17.6 Å². The molecule has 0 spiro atoms. The summed E-state index contributed by atoms with van der Waals surface area (Å²) in [6.45, 7) is 2.19. The highest BCUT2D eigenvalue weighted by Gasteiger charge is 2.34. The average Bonchev–Trinajstić information content (AvgIpc) is 2.12. The summed E-state index contributed by atoms with van der Waals surface area (Å²) in [6, 6.07) is 0.791. The maximum absolute atomic E-state index is 5.95. The number of rotatable bonds is 3. The second-order valence-corrected chi connectivity index (χ2v) is 5.13. The average molecular weight is 196 g/mol. The summed E-state index contributed by atoms with van der Waals surface area (Å²) in [5, 5.41) is 0. The standard InChI is InChI=1S/C12H24N2/c1-14-8-3-2-7-12(14)11(9-13)10-5-4-6-10/h10-12H,2-9,13H2,1H3. The second kappa shape index (κ2) is 4.63. The van der Waals surface area contributed by atoms with Gasteiger partial charge in [-0.1, -0.05) is 25.7 Å². The van der Waals surface area contributed by atoms with E-state index in [-0.39, 0.29) is 0 Å². The smallest absolute Gasteiger partial charge is 0.0135 e. The summed E-state index contributed by atoms with van der Waals surface area (Å²) >= 11 is 0. The van der Waals surface area contributed by atoms with Crippen LogP contribution in [0.15, 0.2) is 0 Å². The molecule has 2 rings (SSSR count). The Labute approximate surface area is 87.8 Å². The molecule has 2 fully saturated rings. The molecule has 2 unspecified atom stereocenters. The van der Waals surface area contributed by atoms with E-state index in [1.165, 1.54) is 45.1 Å². The number of nitrogens with zero attached hydrogens (tertiary/aromatic N) is 1. The molecule has 1 aliphatic heterocycles. The van der Waals surface area contributed by atoms with E-state index < -0.39 is 0 Å². The summed E-state index contributed by atoms with van der Waals surface area (Å²) < 4.78 is 0. The van der Waals surface area contributed by atoms with Crippen molar-refractivity contribution < 1.29 is 0 Å². The Morgan fingerprint density at radius 1 is 1.21 bits per heavy atom. The molecule has 0 aromatic carbocycles. The van der Waals surface area contributed by atoms with E-state index in [0.29, 0.717) is 0 Å². The van der Waals surface area contributed by atoms with Crippen molar-refractivity contribution in [3.63, 3.8) is 0 Å². The van der Waals surface area contributed by atoms with Gasteiger partial charge in [-0.2, -0.15) is 0 Å². The van der Waals surface area contributed by atoms with Gasteiger partial charge in [0.1, 0.15) is 0 Å². The van der Waals surface area contributed by atoms with Crippen LogP contribution >= 0.6 is 0 Å². The first kappa shape index (κ1) is 10.4. The van der Waals surface area contributed by atoms with Crippen LogP contribution in [0.5, 0.6) is 0 Å². The number of nitrogens with two attached hydrogens (primary N) is 1. The quantitative estimate of drug-likeness (QED) is 0.746. The number of likely N-dealkylation sites (tertiary alicyclic amines) is 1. The molecule has 0 amide bonds. The molecular formula is C12H24N2. The molecule has 0 aromatic rings. The SMILES string of the molecule is CN1CCCCC1C(CN)C1CCC1. The van der Waals surface area contributed by atoms with Crippen LogP contribution in [0.3, 0.4) is 0 Å². The van der Waals surface area contributed by atoms with E-state index in [4.69, 9.17) is 5.73 Å². The molecule has 1 saturated carbocycles. The van der Waals surface area contributed by atoms with E-state index in [0.717, 1.165) is 24.4 Å². The lowest BCUT2D eigenvalue weighted by Gasteiger charge is -2.44. The van der Waals surface area contributed by atoms with Crippen molar-refractivity contribution in [2.45, 2.75) is 44.6 Å². The molecule has 14 heavy (non-hydrogen) atoms. The minimum atomic E-state index is 0.786. The van der Waals surface area contributed by atoms with Gasteiger partial charge in [0.2, 0.25) is 0 Å². The highest BCUT2D eigenvalue weighted by molar-refractivity contribution is 4.89. The predicted molar refractivity (Wildman–Crippen MR) is 60.2 cm³/mol. The van der Waals surface area contributed by atoms with Gasteiger partial charge in [0, 0.05) is 6.04 Å². The van der Waals surface area contributed by atoms with Crippen LogP contribution in [-0.2, 0) is 0 Å². The van der Waals surface area contributed by atoms with Crippen molar-refractivity contribution >= 4 is 0 Å². The van der Waals surface area contributed by atoms with Crippen LogP contribution in [-0.4, -0.2) is 31.1 Å². The van der Waals surface area contributed by atoms with Gasteiger partial charge in [-0.05, 0) is 44.8 Å². The van der Waals surface area contributed by atoms with E-state index in [1.807, 2.05) is 0 Å². The Balaban J connectivity index is 1.94. The van der Waals surface area contributed by atoms with Crippen LogP contribution < -0.4 is 5.73 Å². The van der Waals surface area contributed by atoms with Crippen molar-refractivity contribution in [3.05, 3.63) is 0 Å². The first-order valence-electron chi connectivity index (χ1n) is 6.23. The minimum absolute atomic E-state index is 0.786. The molecule has 2 heteroatoms. The van der Waals surface area contributed by atoms with E-state index >= 15 is 0 Å². The fourth-order valence-corrected chi connectivity index (χ4v) is 3.17. The normalized spacial score (nSPS) is 32.6. The van der Waals surface area contributed by atoms with Crippen LogP contribution in [0.25, 0.3) is 0 Å². The summed E-state index contributed by atoms with van der Waals surface area (Å²) in [6.07, 6.45) is 8.50. The molecule has 0 radical (unpaired) electrons. The van der Waals surface area contributed by atoms with Crippen molar-refractivity contribution in [3.8, 4) is 0 Å². The lowest BCUT2D eigenvalue weighted by Crippen LogP contribution is -2.48. The Kier molecular flexibility index (Phi) is 3.45. The van der Waals surface area contributed by atoms with Gasteiger partial charge in [-0.25, -0.2) is 0 Å². The zero-order chi connectivity index (χ0) is 9.97. The lowest BCUT2D eigenvalue weighted by molar-refractivity contribution is 0.0691. The molecule has 2 N–H and O–H groups in total. The van der Waals surface area contributed by atoms with Crippen LogP contribution in [0.1, 0.15) is 38.5 Å². The van der Waals surface area contributed by atoms with Gasteiger partial charge in [-0.3, -0.25) is 0 Å². The van der Waals surface area contributed by atoms with E-state index in [1.54, 1.807) is 0 Å². The second-order valence-electron chi connectivity index (χ2n) is 5.13. The van der Waals surface area contributed by atoms with Gasteiger partial charge in [0.25, 0.3) is 0 Å². The summed E-state index contributed by atoms with van der Waals surface area (Å²) in [5.74, 6) is 1.74. The van der Waals surface area contributed by atoms with Crippen LogP contribution in [0.2, 0.25) is 0 Å². The Hall–Kier alpha value is -0.0800. The summed E-state index contributed by atoms with van der Waals surface area (Å²) in [4.78, 5) is 2.55. The molecule has 0 aromatic heterocycles. The molecule has 2 nitrogen and oxygen atoms in total. The van der Waals surface area contributed by atoms with Crippen LogP contribution in [0.4, 0.5) is 0 Å². The molecule has 2 aliphatic rings. The molecule has 2 atom stereocenters. The highest BCUT2D eigenvalue weighted by Crippen LogP contribution is 2.38. The zero-order valence-electron chi connectivity index (χ0n) is 9.41. The molecular weight excluding hydrogens is 172 g/mol. The maximum atomic E-state index is 5.95. The third-order valence-corrected chi connectivity index (χ3v) is 4.35. The van der Waals surface area contributed by atoms with Gasteiger partial charge in [0.15, 0.2) is 0 Å². The molecule has 82 valence electrons. The summed E-state index contributed by atoms with van der Waals surface area (Å²) in [5.41, 5.74) is 5.95. The topological polar surface area (TPSA) is 29.3 Å². The first-order chi connectivity index (χ1) is 6.83. The number of hydrogen-bond donors (Lipinski definition) is 1. The lowest BCUT2D eigenvalue weighted by atomic mass is 9.71. The molecule has 1 saturated heterocycles. The maximum Gasteiger partial charge on any atom is 0.0135 e. The fraction of sp³-hybridized carbons (Fsp3) is 1.00. The zero-order valence-corrected chi connectivity index (χ0v) is 9.41. The first-order valence-corrected chi connectivity index (χ1v) is 6.23. The molecule has 0 bridgehead atoms. The van der Waals surface area contributed by atoms with Gasteiger partial charge in [-0.15, -0.1) is 0 Å². The monoisotopic (exact) mass is 196 g/mol. The molecule has 1 aliphatic carbocycles. The van der Waals surface area contributed by atoms with Crippen molar-refractivity contribution in [1.82, 2.24) is 4.90 Å². The number of piperidine rings is 1. The summed E-state index contributed by atoms with van der Waals surface area (Å²) in [7, 11) is 2.28. The van der Waals surface area contributed by atoms with Crippen molar-refractivity contribution in [2.75, 3.05) is 20.1 Å². The Morgan fingerprint density at radius 3 is 2.50 bits per heavy atom.